The molecule has 184 valence electrons. The Morgan fingerprint density at radius 3 is 1.94 bits per heavy atom. The predicted molar refractivity (Wildman–Crippen MR) is 120 cm³/mol. The largest absolute Gasteiger partial charge is 0.479 e. The fourth-order valence-electron chi connectivity index (χ4n) is 3.55. The first-order valence-electron chi connectivity index (χ1n) is 10.8. The third-order valence-corrected chi connectivity index (χ3v) is 5.39. The number of allylic oxidation sites excluding steroid dienone is 4. The maximum Gasteiger partial charge on any atom is 0.337 e. The summed E-state index contributed by atoms with van der Waals surface area (Å²) in [6.45, 7) is 6.99. The van der Waals surface area contributed by atoms with Gasteiger partial charge < -0.3 is 40.1 Å². The molecule has 1 aliphatic rings. The molecule has 0 spiro atoms. The van der Waals surface area contributed by atoms with Gasteiger partial charge in [-0.3, -0.25) is 0 Å². The van der Waals surface area contributed by atoms with Crippen molar-refractivity contribution in [3.05, 3.63) is 52.1 Å². The van der Waals surface area contributed by atoms with Gasteiger partial charge in [-0.1, -0.05) is 23.3 Å². The molecule has 1 saturated heterocycles. The van der Waals surface area contributed by atoms with Crippen LogP contribution in [0.2, 0.25) is 0 Å². The average Bonchev–Trinajstić information content (AvgIpc) is 2.75. The Morgan fingerprint density at radius 1 is 1.00 bits per heavy atom. The summed E-state index contributed by atoms with van der Waals surface area (Å²) in [5.41, 5.74) is 3.29. The van der Waals surface area contributed by atoms with E-state index in [1.807, 2.05) is 39.8 Å². The van der Waals surface area contributed by atoms with Crippen LogP contribution < -0.4 is 4.74 Å². The molecular formula is C24H34O9. The highest BCUT2D eigenvalue weighted by Gasteiger charge is 2.44. The number of benzene rings is 1. The second-order valence-electron chi connectivity index (χ2n) is 8.68. The number of aliphatic carboxylic acids is 1. The van der Waals surface area contributed by atoms with Crippen molar-refractivity contribution in [1.29, 1.82) is 0 Å². The molecule has 6 atom stereocenters. The standard InChI is InChI=1S/C24H34O9/c1-12(2)5-7-14-9-16(32-24-22(29)21(28)19(26)17(11-25)33-24)10-15(8-6-13(3)4)18(14)20(27)23(30)31/h5-6,9-10,17,19-22,24-29H,7-8,11H2,1-4H3,(H,30,31)/t17-,19-,20+,21+,22-,24+/m1/s1. The second-order valence-corrected chi connectivity index (χ2v) is 8.68. The first-order chi connectivity index (χ1) is 15.5. The van der Waals surface area contributed by atoms with E-state index in [2.05, 4.69) is 0 Å². The van der Waals surface area contributed by atoms with E-state index in [4.69, 9.17) is 9.47 Å². The number of hydrogen-bond acceptors (Lipinski definition) is 8. The maximum atomic E-state index is 11.6. The van der Waals surface area contributed by atoms with Gasteiger partial charge >= 0.3 is 5.97 Å². The van der Waals surface area contributed by atoms with Crippen molar-refractivity contribution < 1.29 is 44.9 Å². The van der Waals surface area contributed by atoms with Crippen molar-refractivity contribution in [1.82, 2.24) is 0 Å². The monoisotopic (exact) mass is 466 g/mol. The van der Waals surface area contributed by atoms with Crippen molar-refractivity contribution in [3.63, 3.8) is 0 Å². The predicted octanol–water partition coefficient (Wildman–Crippen LogP) is 1.00. The van der Waals surface area contributed by atoms with E-state index in [0.29, 0.717) is 24.0 Å². The molecule has 0 aliphatic carbocycles. The van der Waals surface area contributed by atoms with Gasteiger partial charge in [-0.05, 0) is 69.4 Å². The molecule has 0 saturated carbocycles. The van der Waals surface area contributed by atoms with Crippen LogP contribution in [0.3, 0.4) is 0 Å². The van der Waals surface area contributed by atoms with Crippen LogP contribution in [0, 0.1) is 0 Å². The van der Waals surface area contributed by atoms with Crippen molar-refractivity contribution in [2.45, 2.75) is 77.3 Å². The number of aliphatic hydroxyl groups excluding tert-OH is 5. The van der Waals surface area contributed by atoms with Crippen molar-refractivity contribution >= 4 is 5.97 Å². The Labute approximate surface area is 193 Å². The lowest BCUT2D eigenvalue weighted by Gasteiger charge is -2.39. The van der Waals surface area contributed by atoms with E-state index in [1.165, 1.54) is 0 Å². The van der Waals surface area contributed by atoms with Gasteiger partial charge in [0.15, 0.2) is 6.10 Å². The van der Waals surface area contributed by atoms with Gasteiger partial charge in [0.1, 0.15) is 30.2 Å². The van der Waals surface area contributed by atoms with Gasteiger partial charge in [-0.15, -0.1) is 0 Å². The normalized spacial score (nSPS) is 25.8. The topological polar surface area (TPSA) is 157 Å². The lowest BCUT2D eigenvalue weighted by Crippen LogP contribution is -2.60. The molecule has 1 aromatic carbocycles. The smallest absolute Gasteiger partial charge is 0.337 e. The quantitative estimate of drug-likeness (QED) is 0.292. The Hall–Kier alpha value is -2.27. The van der Waals surface area contributed by atoms with Crippen molar-refractivity contribution in [2.24, 2.45) is 0 Å². The van der Waals surface area contributed by atoms with Crippen molar-refractivity contribution in [3.8, 4) is 5.75 Å². The minimum absolute atomic E-state index is 0.218. The van der Waals surface area contributed by atoms with E-state index in [0.717, 1.165) is 11.1 Å². The molecule has 6 N–H and O–H groups in total. The summed E-state index contributed by atoms with van der Waals surface area (Å²) in [5, 5.41) is 59.6. The molecule has 1 aromatic rings. The Kier molecular flexibility index (Phi) is 9.59. The minimum Gasteiger partial charge on any atom is -0.479 e. The zero-order chi connectivity index (χ0) is 24.9. The fourth-order valence-corrected chi connectivity index (χ4v) is 3.55. The van der Waals surface area contributed by atoms with E-state index >= 15 is 0 Å². The van der Waals surface area contributed by atoms with E-state index in [9.17, 15) is 35.4 Å². The molecule has 1 fully saturated rings. The molecule has 9 heteroatoms. The van der Waals surface area contributed by atoms with Gasteiger partial charge in [0.25, 0.3) is 0 Å². The van der Waals surface area contributed by atoms with Crippen LogP contribution in [0.25, 0.3) is 0 Å². The van der Waals surface area contributed by atoms with E-state index in [-0.39, 0.29) is 11.3 Å². The first kappa shape index (κ1) is 27.0. The zero-order valence-electron chi connectivity index (χ0n) is 19.3. The number of carboxylic acid groups (broad SMARTS) is 1. The van der Waals surface area contributed by atoms with E-state index < -0.39 is 49.4 Å². The minimum atomic E-state index is -1.74. The number of ether oxygens (including phenoxy) is 2. The molecule has 0 aromatic heterocycles. The van der Waals surface area contributed by atoms with Crippen LogP contribution in [0.1, 0.15) is 50.5 Å². The SMILES string of the molecule is CC(C)=CCc1cc(O[C@H]2O[C@H](CO)[C@@H](O)[C@H](O)[C@H]2O)cc(CC=C(C)C)c1[C@H](O)C(=O)O. The summed E-state index contributed by atoms with van der Waals surface area (Å²) in [7, 11) is 0. The molecule has 1 heterocycles. The highest BCUT2D eigenvalue weighted by Crippen LogP contribution is 2.32. The van der Waals surface area contributed by atoms with Crippen LogP contribution in [-0.4, -0.2) is 73.9 Å². The molecule has 0 radical (unpaired) electrons. The number of aliphatic hydroxyl groups is 5. The van der Waals surface area contributed by atoms with Gasteiger partial charge in [-0.25, -0.2) is 4.79 Å². The Bertz CT molecular complexity index is 841. The van der Waals surface area contributed by atoms with Gasteiger partial charge in [0.2, 0.25) is 6.29 Å². The Morgan fingerprint density at radius 2 is 1.52 bits per heavy atom. The van der Waals surface area contributed by atoms with Crippen LogP contribution >= 0.6 is 0 Å². The van der Waals surface area contributed by atoms with Gasteiger partial charge in [-0.2, -0.15) is 0 Å². The lowest BCUT2D eigenvalue weighted by molar-refractivity contribution is -0.277. The average molecular weight is 467 g/mol. The zero-order valence-corrected chi connectivity index (χ0v) is 19.3. The summed E-state index contributed by atoms with van der Waals surface area (Å²) in [4.78, 5) is 11.6. The van der Waals surface area contributed by atoms with Crippen LogP contribution in [0.4, 0.5) is 0 Å². The molecule has 1 aliphatic heterocycles. The summed E-state index contributed by atoms with van der Waals surface area (Å²) < 4.78 is 11.2. The molecule has 9 nitrogen and oxygen atoms in total. The molecule has 0 amide bonds. The molecule has 2 rings (SSSR count). The van der Waals surface area contributed by atoms with Crippen molar-refractivity contribution in [2.75, 3.05) is 6.61 Å². The molecule has 0 bridgehead atoms. The van der Waals surface area contributed by atoms with Gasteiger partial charge in [0.05, 0.1) is 6.61 Å². The third-order valence-electron chi connectivity index (χ3n) is 5.39. The van der Waals surface area contributed by atoms with Crippen LogP contribution in [-0.2, 0) is 22.4 Å². The van der Waals surface area contributed by atoms with E-state index in [1.54, 1.807) is 12.1 Å². The summed E-state index contributed by atoms with van der Waals surface area (Å²) >= 11 is 0. The molecule has 0 unspecified atom stereocenters. The number of rotatable bonds is 9. The summed E-state index contributed by atoms with van der Waals surface area (Å²) in [6.07, 6.45) is -4.53. The molecule has 33 heavy (non-hydrogen) atoms. The summed E-state index contributed by atoms with van der Waals surface area (Å²) in [6, 6.07) is 3.10. The second kappa shape index (κ2) is 11.7. The third kappa shape index (κ3) is 6.86. The lowest BCUT2D eigenvalue weighted by atomic mass is 9.91. The highest BCUT2D eigenvalue weighted by atomic mass is 16.7. The Balaban J connectivity index is 2.54. The fraction of sp³-hybridized carbons (Fsp3) is 0.542. The maximum absolute atomic E-state index is 11.6. The van der Waals surface area contributed by atoms with Gasteiger partial charge in [0, 0.05) is 0 Å². The number of carboxylic acids is 1. The highest BCUT2D eigenvalue weighted by molar-refractivity contribution is 5.75. The van der Waals surface area contributed by atoms with Crippen LogP contribution in [0.5, 0.6) is 5.75 Å². The van der Waals surface area contributed by atoms with Crippen LogP contribution in [0.15, 0.2) is 35.4 Å². The number of hydrogen-bond donors (Lipinski definition) is 6. The first-order valence-corrected chi connectivity index (χ1v) is 10.8. The summed E-state index contributed by atoms with van der Waals surface area (Å²) in [5.74, 6) is -1.16. The number of carbonyl (C=O) groups is 1. The molecular weight excluding hydrogens is 432 g/mol.